The van der Waals surface area contributed by atoms with Crippen molar-refractivity contribution in [1.82, 2.24) is 4.98 Å². The Morgan fingerprint density at radius 2 is 2.18 bits per heavy atom. The predicted molar refractivity (Wildman–Crippen MR) is 68.2 cm³/mol. The van der Waals surface area contributed by atoms with Gasteiger partial charge in [-0.25, -0.2) is 4.98 Å². The van der Waals surface area contributed by atoms with Crippen molar-refractivity contribution >= 4 is 17.3 Å². The zero-order chi connectivity index (χ0) is 12.3. The fourth-order valence-electron chi connectivity index (χ4n) is 1.62. The van der Waals surface area contributed by atoms with Crippen molar-refractivity contribution in [1.29, 1.82) is 0 Å². The highest BCUT2D eigenvalue weighted by Gasteiger charge is 2.07. The van der Waals surface area contributed by atoms with E-state index in [4.69, 9.17) is 5.11 Å². The van der Waals surface area contributed by atoms with Crippen molar-refractivity contribution in [3.63, 3.8) is 0 Å². The number of aromatic nitrogens is 1. The number of hydrogen-bond donors (Lipinski definition) is 1. The molecular formula is C13H13NO2S. The number of thiazole rings is 1. The van der Waals surface area contributed by atoms with E-state index >= 15 is 0 Å². The van der Waals surface area contributed by atoms with E-state index in [1.54, 1.807) is 0 Å². The molecule has 0 bridgehead atoms. The van der Waals surface area contributed by atoms with Gasteiger partial charge in [-0.15, -0.1) is 11.3 Å². The number of carboxylic acid groups (broad SMARTS) is 1. The second-order valence-electron chi connectivity index (χ2n) is 3.84. The van der Waals surface area contributed by atoms with Gasteiger partial charge in [0.2, 0.25) is 0 Å². The van der Waals surface area contributed by atoms with Gasteiger partial charge < -0.3 is 5.11 Å². The summed E-state index contributed by atoms with van der Waals surface area (Å²) in [5.41, 5.74) is 3.24. The fraction of sp³-hybridized carbons (Fsp3) is 0.231. The number of aryl methyl sites for hydroxylation is 2. The van der Waals surface area contributed by atoms with E-state index in [-0.39, 0.29) is 6.42 Å². The van der Waals surface area contributed by atoms with E-state index in [9.17, 15) is 4.79 Å². The minimum Gasteiger partial charge on any atom is -0.481 e. The molecule has 0 fully saturated rings. The Hall–Kier alpha value is -1.68. The topological polar surface area (TPSA) is 50.2 Å². The van der Waals surface area contributed by atoms with Crippen LogP contribution in [-0.4, -0.2) is 16.1 Å². The molecule has 0 atom stereocenters. The molecule has 0 unspecified atom stereocenters. The van der Waals surface area contributed by atoms with Gasteiger partial charge in [0.25, 0.3) is 0 Å². The molecule has 88 valence electrons. The zero-order valence-electron chi connectivity index (χ0n) is 9.51. The lowest BCUT2D eigenvalue weighted by Gasteiger charge is -2.00. The van der Waals surface area contributed by atoms with E-state index in [0.29, 0.717) is 6.42 Å². The quantitative estimate of drug-likeness (QED) is 0.903. The third-order valence-corrected chi connectivity index (χ3v) is 3.43. The van der Waals surface area contributed by atoms with E-state index in [2.05, 4.69) is 4.98 Å². The van der Waals surface area contributed by atoms with Crippen molar-refractivity contribution in [2.24, 2.45) is 0 Å². The standard InChI is InChI=1S/C13H13NO2S/c1-9-4-2-3-5-10(9)11-8-17-12(14-11)6-7-13(15)16/h2-5,8H,6-7H2,1H3,(H,15,16). The average Bonchev–Trinajstić information content (AvgIpc) is 2.75. The number of nitrogens with zero attached hydrogens (tertiary/aromatic N) is 1. The van der Waals surface area contributed by atoms with Gasteiger partial charge in [-0.05, 0) is 12.5 Å². The Morgan fingerprint density at radius 3 is 2.88 bits per heavy atom. The largest absolute Gasteiger partial charge is 0.481 e. The molecule has 3 nitrogen and oxygen atoms in total. The fourth-order valence-corrected chi connectivity index (χ4v) is 2.42. The molecule has 0 saturated carbocycles. The third kappa shape index (κ3) is 2.91. The van der Waals surface area contributed by atoms with Crippen LogP contribution in [0.1, 0.15) is 17.0 Å². The maximum Gasteiger partial charge on any atom is 0.303 e. The van der Waals surface area contributed by atoms with Crippen LogP contribution in [0, 0.1) is 6.92 Å². The van der Waals surface area contributed by atoms with Gasteiger partial charge in [0.1, 0.15) is 0 Å². The lowest BCUT2D eigenvalue weighted by molar-refractivity contribution is -0.136. The highest BCUT2D eigenvalue weighted by atomic mass is 32.1. The number of hydrogen-bond acceptors (Lipinski definition) is 3. The Kier molecular flexibility index (Phi) is 3.54. The first-order chi connectivity index (χ1) is 8.16. The number of carbonyl (C=O) groups is 1. The summed E-state index contributed by atoms with van der Waals surface area (Å²) in [6, 6.07) is 8.06. The smallest absolute Gasteiger partial charge is 0.303 e. The maximum atomic E-state index is 10.5. The number of benzene rings is 1. The maximum absolute atomic E-state index is 10.5. The van der Waals surface area contributed by atoms with Crippen LogP contribution in [-0.2, 0) is 11.2 Å². The number of rotatable bonds is 4. The van der Waals surface area contributed by atoms with E-state index < -0.39 is 5.97 Å². The Morgan fingerprint density at radius 1 is 1.41 bits per heavy atom. The molecule has 1 heterocycles. The third-order valence-electron chi connectivity index (χ3n) is 2.53. The number of aliphatic carboxylic acids is 1. The van der Waals surface area contributed by atoms with Gasteiger partial charge in [0.05, 0.1) is 17.1 Å². The normalized spacial score (nSPS) is 10.4. The molecule has 0 saturated heterocycles. The van der Waals surface area contributed by atoms with Gasteiger partial charge in [-0.3, -0.25) is 4.79 Å². The molecule has 2 aromatic rings. The van der Waals surface area contributed by atoms with Crippen LogP contribution in [0.3, 0.4) is 0 Å². The van der Waals surface area contributed by atoms with Crippen LogP contribution < -0.4 is 0 Å². The molecule has 17 heavy (non-hydrogen) atoms. The van der Waals surface area contributed by atoms with Gasteiger partial charge >= 0.3 is 5.97 Å². The molecule has 0 spiro atoms. The summed E-state index contributed by atoms with van der Waals surface area (Å²) in [7, 11) is 0. The molecule has 1 aromatic carbocycles. The van der Waals surface area contributed by atoms with E-state index in [0.717, 1.165) is 16.3 Å². The first kappa shape index (κ1) is 11.8. The summed E-state index contributed by atoms with van der Waals surface area (Å²) < 4.78 is 0. The summed E-state index contributed by atoms with van der Waals surface area (Å²) in [5, 5.41) is 11.5. The van der Waals surface area contributed by atoms with Gasteiger partial charge in [-0.2, -0.15) is 0 Å². The zero-order valence-corrected chi connectivity index (χ0v) is 10.3. The van der Waals surface area contributed by atoms with Crippen LogP contribution in [0.5, 0.6) is 0 Å². The summed E-state index contributed by atoms with van der Waals surface area (Å²) in [5.74, 6) is -0.780. The predicted octanol–water partition coefficient (Wildman–Crippen LogP) is 3.14. The molecule has 1 N–H and O–H groups in total. The lowest BCUT2D eigenvalue weighted by atomic mass is 10.1. The molecule has 0 amide bonds. The molecular weight excluding hydrogens is 234 g/mol. The summed E-state index contributed by atoms with van der Waals surface area (Å²) in [4.78, 5) is 14.9. The van der Waals surface area contributed by atoms with Gasteiger partial charge in [0, 0.05) is 17.4 Å². The lowest BCUT2D eigenvalue weighted by Crippen LogP contribution is -1.96. The second-order valence-corrected chi connectivity index (χ2v) is 4.78. The van der Waals surface area contributed by atoms with E-state index in [1.807, 2.05) is 36.6 Å². The van der Waals surface area contributed by atoms with Crippen molar-refractivity contribution in [3.8, 4) is 11.3 Å². The SMILES string of the molecule is Cc1ccccc1-c1csc(CCC(=O)O)n1. The summed E-state index contributed by atoms with van der Waals surface area (Å²) in [6.45, 7) is 2.05. The first-order valence-corrected chi connectivity index (χ1v) is 6.27. The van der Waals surface area contributed by atoms with Crippen molar-refractivity contribution < 1.29 is 9.90 Å². The van der Waals surface area contributed by atoms with Crippen LogP contribution in [0.25, 0.3) is 11.3 Å². The van der Waals surface area contributed by atoms with E-state index in [1.165, 1.54) is 16.9 Å². The first-order valence-electron chi connectivity index (χ1n) is 5.39. The molecule has 0 radical (unpaired) electrons. The molecule has 0 aliphatic rings. The molecule has 0 aliphatic heterocycles. The highest BCUT2D eigenvalue weighted by molar-refractivity contribution is 7.09. The minimum atomic E-state index is -0.780. The molecule has 2 rings (SSSR count). The molecule has 1 aromatic heterocycles. The minimum absolute atomic E-state index is 0.140. The van der Waals surface area contributed by atoms with Crippen molar-refractivity contribution in [2.45, 2.75) is 19.8 Å². The second kappa shape index (κ2) is 5.10. The van der Waals surface area contributed by atoms with Gasteiger partial charge in [0.15, 0.2) is 0 Å². The van der Waals surface area contributed by atoms with Crippen LogP contribution >= 0.6 is 11.3 Å². The van der Waals surface area contributed by atoms with Crippen LogP contribution in [0.15, 0.2) is 29.6 Å². The molecule has 4 heteroatoms. The van der Waals surface area contributed by atoms with Gasteiger partial charge in [-0.1, -0.05) is 24.3 Å². The van der Waals surface area contributed by atoms with Crippen LogP contribution in [0.2, 0.25) is 0 Å². The van der Waals surface area contributed by atoms with Crippen LogP contribution in [0.4, 0.5) is 0 Å². The Balaban J connectivity index is 2.18. The summed E-state index contributed by atoms with van der Waals surface area (Å²) >= 11 is 1.52. The molecule has 0 aliphatic carbocycles. The monoisotopic (exact) mass is 247 g/mol. The number of carboxylic acids is 1. The highest BCUT2D eigenvalue weighted by Crippen LogP contribution is 2.25. The van der Waals surface area contributed by atoms with Crippen molar-refractivity contribution in [3.05, 3.63) is 40.2 Å². The summed E-state index contributed by atoms with van der Waals surface area (Å²) in [6.07, 6.45) is 0.645. The Bertz CT molecular complexity index is 534. The average molecular weight is 247 g/mol. The Labute approximate surface area is 104 Å². The van der Waals surface area contributed by atoms with Crippen molar-refractivity contribution in [2.75, 3.05) is 0 Å².